The molecule has 4 N–H and O–H groups in total. The van der Waals surface area contributed by atoms with E-state index in [4.69, 9.17) is 0 Å². The molecular formula is C8H15NO4. The lowest BCUT2D eigenvalue weighted by molar-refractivity contribution is -0.295. The van der Waals surface area contributed by atoms with Crippen LogP contribution in [0.2, 0.25) is 0 Å². The molecule has 3 unspecified atom stereocenters. The van der Waals surface area contributed by atoms with Crippen LogP contribution in [0.15, 0.2) is 0 Å². The van der Waals surface area contributed by atoms with Crippen molar-refractivity contribution in [2.75, 3.05) is 13.1 Å². The van der Waals surface area contributed by atoms with Crippen molar-refractivity contribution in [3.05, 3.63) is 0 Å². The Morgan fingerprint density at radius 1 is 1.23 bits per heavy atom. The molecule has 2 aliphatic heterocycles. The Bertz CT molecular complexity index is 208. The van der Waals surface area contributed by atoms with Crippen LogP contribution >= 0.6 is 0 Å². The average Bonchev–Trinajstić information content (AvgIpc) is 2.49. The lowest BCUT2D eigenvalue weighted by Gasteiger charge is -2.45. The second-order valence-corrected chi connectivity index (χ2v) is 3.95. The van der Waals surface area contributed by atoms with Gasteiger partial charge in [-0.15, -0.1) is 0 Å². The Morgan fingerprint density at radius 3 is 2.62 bits per heavy atom. The van der Waals surface area contributed by atoms with Crippen LogP contribution in [0, 0.1) is 0 Å². The third-order valence-corrected chi connectivity index (χ3v) is 3.08. The molecule has 5 heteroatoms. The van der Waals surface area contributed by atoms with Crippen LogP contribution in [0.3, 0.4) is 0 Å². The van der Waals surface area contributed by atoms with Crippen molar-refractivity contribution in [3.63, 3.8) is 0 Å². The molecule has 0 aliphatic carbocycles. The SMILES string of the molecule is OC1CN2CCCC2C(O)(O)C1O. The lowest BCUT2D eigenvalue weighted by atomic mass is 9.90. The maximum atomic E-state index is 9.59. The Morgan fingerprint density at radius 2 is 1.92 bits per heavy atom. The minimum Gasteiger partial charge on any atom is -0.389 e. The molecule has 2 rings (SSSR count). The van der Waals surface area contributed by atoms with E-state index >= 15 is 0 Å². The van der Waals surface area contributed by atoms with Crippen LogP contribution < -0.4 is 0 Å². The molecule has 0 radical (unpaired) electrons. The van der Waals surface area contributed by atoms with Crippen LogP contribution in [0.1, 0.15) is 12.8 Å². The number of hydrogen-bond donors (Lipinski definition) is 4. The fourth-order valence-corrected chi connectivity index (χ4v) is 2.35. The van der Waals surface area contributed by atoms with Gasteiger partial charge in [0.1, 0.15) is 6.10 Å². The summed E-state index contributed by atoms with van der Waals surface area (Å²) in [6.45, 7) is 1.09. The summed E-state index contributed by atoms with van der Waals surface area (Å²) in [5.41, 5.74) is 0. The van der Waals surface area contributed by atoms with Gasteiger partial charge in [0.25, 0.3) is 0 Å². The lowest BCUT2D eigenvalue weighted by Crippen LogP contribution is -2.67. The molecule has 0 bridgehead atoms. The predicted octanol–water partition coefficient (Wildman–Crippen LogP) is -2.13. The first kappa shape index (κ1) is 9.36. The van der Waals surface area contributed by atoms with Gasteiger partial charge in [0.05, 0.1) is 12.1 Å². The molecule has 0 aromatic carbocycles. The topological polar surface area (TPSA) is 84.2 Å². The number of piperidine rings is 1. The van der Waals surface area contributed by atoms with Gasteiger partial charge in [-0.1, -0.05) is 0 Å². The molecule has 5 nitrogen and oxygen atoms in total. The quantitative estimate of drug-likeness (QED) is 0.327. The Hall–Kier alpha value is -0.200. The summed E-state index contributed by atoms with van der Waals surface area (Å²) in [6, 6.07) is -0.425. The van der Waals surface area contributed by atoms with Crippen molar-refractivity contribution < 1.29 is 20.4 Å². The van der Waals surface area contributed by atoms with Crippen molar-refractivity contribution in [1.29, 1.82) is 0 Å². The Kier molecular flexibility index (Phi) is 2.08. The summed E-state index contributed by atoms with van der Waals surface area (Å²) in [5, 5.41) is 37.9. The summed E-state index contributed by atoms with van der Waals surface area (Å²) in [7, 11) is 0. The summed E-state index contributed by atoms with van der Waals surface area (Å²) >= 11 is 0. The molecule has 0 aromatic rings. The summed E-state index contributed by atoms with van der Waals surface area (Å²) in [6.07, 6.45) is -0.972. The minimum absolute atomic E-state index is 0.328. The van der Waals surface area contributed by atoms with Gasteiger partial charge in [0.15, 0.2) is 0 Å². The van der Waals surface area contributed by atoms with E-state index in [1.54, 1.807) is 0 Å². The molecule has 76 valence electrons. The highest BCUT2D eigenvalue weighted by Gasteiger charge is 2.53. The van der Waals surface area contributed by atoms with Gasteiger partial charge in [-0.2, -0.15) is 0 Å². The third kappa shape index (κ3) is 1.28. The molecular weight excluding hydrogens is 174 g/mol. The average molecular weight is 189 g/mol. The number of aliphatic hydroxyl groups excluding tert-OH is 2. The van der Waals surface area contributed by atoms with Crippen molar-refractivity contribution in [1.82, 2.24) is 4.90 Å². The van der Waals surface area contributed by atoms with E-state index < -0.39 is 24.0 Å². The molecule has 0 spiro atoms. The molecule has 0 saturated carbocycles. The zero-order valence-corrected chi connectivity index (χ0v) is 7.30. The molecule has 2 heterocycles. The van der Waals surface area contributed by atoms with E-state index in [-0.39, 0.29) is 0 Å². The predicted molar refractivity (Wildman–Crippen MR) is 43.8 cm³/mol. The van der Waals surface area contributed by atoms with Crippen LogP contribution in [0.4, 0.5) is 0 Å². The standard InChI is InChI=1S/C8H15NO4/c10-5-4-9-3-1-2-6(9)8(12,13)7(5)11/h5-7,10-13H,1-4H2. The highest BCUT2D eigenvalue weighted by Crippen LogP contribution is 2.33. The molecule has 0 amide bonds. The van der Waals surface area contributed by atoms with Crippen molar-refractivity contribution in [2.45, 2.75) is 36.9 Å². The molecule has 0 aromatic heterocycles. The first-order valence-electron chi connectivity index (χ1n) is 4.58. The highest BCUT2D eigenvalue weighted by atomic mass is 16.5. The van der Waals surface area contributed by atoms with Crippen molar-refractivity contribution >= 4 is 0 Å². The first-order valence-corrected chi connectivity index (χ1v) is 4.58. The smallest absolute Gasteiger partial charge is 0.208 e. The highest BCUT2D eigenvalue weighted by molar-refractivity contribution is 5.01. The fourth-order valence-electron chi connectivity index (χ4n) is 2.35. The van der Waals surface area contributed by atoms with Crippen molar-refractivity contribution in [2.24, 2.45) is 0 Å². The zero-order valence-electron chi connectivity index (χ0n) is 7.30. The normalized spacial score (nSPS) is 44.8. The van der Waals surface area contributed by atoms with Gasteiger partial charge in [-0.05, 0) is 19.4 Å². The van der Waals surface area contributed by atoms with Crippen LogP contribution in [-0.2, 0) is 0 Å². The van der Waals surface area contributed by atoms with Crippen molar-refractivity contribution in [3.8, 4) is 0 Å². The third-order valence-electron chi connectivity index (χ3n) is 3.08. The number of hydrogen-bond acceptors (Lipinski definition) is 5. The molecule has 2 fully saturated rings. The van der Waals surface area contributed by atoms with E-state index in [0.29, 0.717) is 13.0 Å². The second kappa shape index (κ2) is 2.90. The molecule has 2 saturated heterocycles. The van der Waals surface area contributed by atoms with E-state index in [0.717, 1.165) is 13.0 Å². The van der Waals surface area contributed by atoms with Gasteiger partial charge >= 0.3 is 0 Å². The van der Waals surface area contributed by atoms with Gasteiger partial charge in [0, 0.05) is 6.54 Å². The Balaban J connectivity index is 2.22. The molecule has 3 atom stereocenters. The summed E-state index contributed by atoms with van der Waals surface area (Å²) in [5.74, 6) is -2.16. The van der Waals surface area contributed by atoms with E-state index in [2.05, 4.69) is 0 Å². The number of aliphatic hydroxyl groups is 4. The zero-order chi connectivity index (χ0) is 9.64. The van der Waals surface area contributed by atoms with Crippen LogP contribution in [0.5, 0.6) is 0 Å². The van der Waals surface area contributed by atoms with E-state index in [1.807, 2.05) is 4.90 Å². The largest absolute Gasteiger partial charge is 0.389 e. The Labute approximate surface area is 76.2 Å². The maximum absolute atomic E-state index is 9.59. The summed E-state index contributed by atoms with van der Waals surface area (Å²) < 4.78 is 0. The van der Waals surface area contributed by atoms with Gasteiger partial charge in [0.2, 0.25) is 5.79 Å². The van der Waals surface area contributed by atoms with Gasteiger partial charge in [-0.3, -0.25) is 4.90 Å². The minimum atomic E-state index is -2.16. The molecule has 2 aliphatic rings. The van der Waals surface area contributed by atoms with Crippen LogP contribution in [-0.4, -0.2) is 62.5 Å². The van der Waals surface area contributed by atoms with Gasteiger partial charge < -0.3 is 20.4 Å². The number of nitrogens with zero attached hydrogens (tertiary/aromatic N) is 1. The first-order chi connectivity index (χ1) is 6.03. The fraction of sp³-hybridized carbons (Fsp3) is 1.00. The summed E-state index contributed by atoms with van der Waals surface area (Å²) in [4.78, 5) is 1.82. The van der Waals surface area contributed by atoms with Gasteiger partial charge in [-0.25, -0.2) is 0 Å². The van der Waals surface area contributed by atoms with Crippen LogP contribution in [0.25, 0.3) is 0 Å². The number of rotatable bonds is 0. The van der Waals surface area contributed by atoms with E-state index in [1.165, 1.54) is 0 Å². The number of fused-ring (bicyclic) bond motifs is 1. The second-order valence-electron chi connectivity index (χ2n) is 3.95. The van der Waals surface area contributed by atoms with E-state index in [9.17, 15) is 20.4 Å². The molecule has 13 heavy (non-hydrogen) atoms. The maximum Gasteiger partial charge on any atom is 0.208 e. The monoisotopic (exact) mass is 189 g/mol.